The number of carboxylic acid groups (broad SMARTS) is 1. The van der Waals surface area contributed by atoms with Crippen LogP contribution in [0.5, 0.6) is 5.88 Å². The number of hydrogen-bond donors (Lipinski definition) is 2. The number of aromatic nitrogens is 3. The first-order valence-electron chi connectivity index (χ1n) is 14.0. The van der Waals surface area contributed by atoms with Crippen molar-refractivity contribution in [3.63, 3.8) is 0 Å². The van der Waals surface area contributed by atoms with Gasteiger partial charge in [-0.2, -0.15) is 5.26 Å². The Hall–Kier alpha value is -5.25. The molecule has 1 aliphatic heterocycles. The average molecular weight is 614 g/mol. The zero-order valence-electron chi connectivity index (χ0n) is 23.9. The molecule has 6 rings (SSSR count). The highest BCUT2D eigenvalue weighted by Gasteiger charge is 2.32. The van der Waals surface area contributed by atoms with Gasteiger partial charge in [-0.3, -0.25) is 0 Å². The van der Waals surface area contributed by atoms with Crippen LogP contribution in [-0.4, -0.2) is 51.9 Å². The molecule has 0 bridgehead atoms. The van der Waals surface area contributed by atoms with E-state index in [0.29, 0.717) is 29.9 Å². The minimum atomic E-state index is -1.09. The molecule has 228 valence electrons. The molecule has 0 spiro atoms. The van der Waals surface area contributed by atoms with Crippen LogP contribution in [0, 0.1) is 28.8 Å². The number of halogens is 3. The van der Waals surface area contributed by atoms with Crippen LogP contribution in [0.3, 0.4) is 0 Å². The lowest BCUT2D eigenvalue weighted by Crippen LogP contribution is -2.26. The van der Waals surface area contributed by atoms with Crippen molar-refractivity contribution in [2.24, 2.45) is 0 Å². The SMILES string of the molecule is CO[C@H]1CNC[C@@H]1n1c(Cc2cc(F)c(-c3cccc(OCc4ccc(C#N)cc4F)n3)cc2F)nc2ccc(C(=O)O)cc21. The number of nitrogens with zero attached hydrogens (tertiary/aromatic N) is 4. The summed E-state index contributed by atoms with van der Waals surface area (Å²) in [5, 5.41) is 21.7. The van der Waals surface area contributed by atoms with Crippen molar-refractivity contribution < 1.29 is 32.5 Å². The molecule has 45 heavy (non-hydrogen) atoms. The highest BCUT2D eigenvalue weighted by atomic mass is 19.1. The molecule has 0 aliphatic carbocycles. The van der Waals surface area contributed by atoms with E-state index in [1.807, 2.05) is 10.6 Å². The summed E-state index contributed by atoms with van der Waals surface area (Å²) in [5.41, 5.74) is 1.62. The summed E-state index contributed by atoms with van der Waals surface area (Å²) in [7, 11) is 1.58. The molecule has 2 atom stereocenters. The van der Waals surface area contributed by atoms with Crippen LogP contribution in [0.4, 0.5) is 13.2 Å². The highest BCUT2D eigenvalue weighted by molar-refractivity contribution is 5.92. The molecule has 1 fully saturated rings. The molecule has 3 heterocycles. The minimum Gasteiger partial charge on any atom is -0.478 e. The Morgan fingerprint density at radius 1 is 1.02 bits per heavy atom. The van der Waals surface area contributed by atoms with Gasteiger partial charge in [-0.1, -0.05) is 12.1 Å². The Morgan fingerprint density at radius 3 is 2.60 bits per heavy atom. The van der Waals surface area contributed by atoms with E-state index in [9.17, 15) is 14.3 Å². The quantitative estimate of drug-likeness (QED) is 0.226. The fraction of sp³-hybridized carbons (Fsp3) is 0.212. The number of hydrogen-bond acceptors (Lipinski definition) is 7. The van der Waals surface area contributed by atoms with Crippen LogP contribution in [-0.2, 0) is 17.8 Å². The molecule has 9 nitrogen and oxygen atoms in total. The number of pyridine rings is 1. The number of carboxylic acids is 1. The number of methoxy groups -OCH3 is 1. The lowest BCUT2D eigenvalue weighted by atomic mass is 10.0. The van der Waals surface area contributed by atoms with E-state index in [4.69, 9.17) is 14.7 Å². The Kier molecular flexibility index (Phi) is 8.21. The molecule has 2 N–H and O–H groups in total. The molecular weight excluding hydrogens is 587 g/mol. The largest absolute Gasteiger partial charge is 0.478 e. The van der Waals surface area contributed by atoms with E-state index in [-0.39, 0.29) is 64.6 Å². The van der Waals surface area contributed by atoms with Crippen molar-refractivity contribution in [3.8, 4) is 23.2 Å². The van der Waals surface area contributed by atoms with Gasteiger partial charge in [-0.25, -0.2) is 27.9 Å². The number of carbonyl (C=O) groups is 1. The molecule has 0 radical (unpaired) electrons. The Morgan fingerprint density at radius 2 is 1.84 bits per heavy atom. The zero-order chi connectivity index (χ0) is 31.7. The van der Waals surface area contributed by atoms with Gasteiger partial charge in [0.2, 0.25) is 5.88 Å². The second-order valence-corrected chi connectivity index (χ2v) is 10.6. The summed E-state index contributed by atoms with van der Waals surface area (Å²) >= 11 is 0. The van der Waals surface area contributed by atoms with E-state index < -0.39 is 23.4 Å². The van der Waals surface area contributed by atoms with Gasteiger partial charge in [0.1, 0.15) is 29.9 Å². The van der Waals surface area contributed by atoms with Gasteiger partial charge in [0.05, 0.1) is 46.1 Å². The topological polar surface area (TPSA) is 122 Å². The van der Waals surface area contributed by atoms with Gasteiger partial charge < -0.3 is 24.5 Å². The Balaban J connectivity index is 1.29. The highest BCUT2D eigenvalue weighted by Crippen LogP contribution is 2.31. The molecule has 12 heteroatoms. The normalized spacial score (nSPS) is 16.2. The number of ether oxygens (including phenoxy) is 2. The Labute approximate surface area is 255 Å². The number of imidazole rings is 1. The summed E-state index contributed by atoms with van der Waals surface area (Å²) in [6, 6.07) is 16.9. The summed E-state index contributed by atoms with van der Waals surface area (Å²) in [4.78, 5) is 20.6. The van der Waals surface area contributed by atoms with Gasteiger partial charge in [-0.15, -0.1) is 0 Å². The van der Waals surface area contributed by atoms with Crippen LogP contribution in [0.1, 0.15) is 38.9 Å². The lowest BCUT2D eigenvalue weighted by Gasteiger charge is -2.22. The van der Waals surface area contributed by atoms with Crippen LogP contribution in [0.25, 0.3) is 22.3 Å². The molecule has 1 aliphatic rings. The molecular formula is C33H26F3N5O4. The van der Waals surface area contributed by atoms with Crippen LogP contribution < -0.4 is 10.1 Å². The van der Waals surface area contributed by atoms with Crippen LogP contribution in [0.2, 0.25) is 0 Å². The fourth-order valence-corrected chi connectivity index (χ4v) is 5.53. The number of nitriles is 1. The van der Waals surface area contributed by atoms with Crippen molar-refractivity contribution in [1.82, 2.24) is 19.9 Å². The molecule has 1 saturated heterocycles. The van der Waals surface area contributed by atoms with Crippen molar-refractivity contribution in [1.29, 1.82) is 5.26 Å². The number of nitrogens with one attached hydrogen (secondary N) is 1. The lowest BCUT2D eigenvalue weighted by molar-refractivity contribution is 0.0697. The number of rotatable bonds is 9. The molecule has 5 aromatic rings. The first kappa shape index (κ1) is 29.8. The summed E-state index contributed by atoms with van der Waals surface area (Å²) in [6.45, 7) is 0.903. The van der Waals surface area contributed by atoms with Gasteiger partial charge >= 0.3 is 5.97 Å². The monoisotopic (exact) mass is 613 g/mol. The fourth-order valence-electron chi connectivity index (χ4n) is 5.53. The molecule has 0 unspecified atom stereocenters. The minimum absolute atomic E-state index is 0.0508. The van der Waals surface area contributed by atoms with E-state index >= 15 is 8.78 Å². The predicted octanol–water partition coefficient (Wildman–Crippen LogP) is 5.41. The molecule has 2 aromatic heterocycles. The van der Waals surface area contributed by atoms with Gasteiger partial charge in [-0.05, 0) is 54.1 Å². The smallest absolute Gasteiger partial charge is 0.335 e. The molecule has 0 amide bonds. The maximum Gasteiger partial charge on any atom is 0.335 e. The number of benzene rings is 3. The van der Waals surface area contributed by atoms with Crippen molar-refractivity contribution in [2.45, 2.75) is 25.2 Å². The van der Waals surface area contributed by atoms with E-state index in [1.54, 1.807) is 19.2 Å². The third-order valence-electron chi connectivity index (χ3n) is 7.81. The second kappa shape index (κ2) is 12.4. The third kappa shape index (κ3) is 5.95. The maximum atomic E-state index is 15.6. The summed E-state index contributed by atoms with van der Waals surface area (Å²) in [6.07, 6.45) is -0.313. The first-order valence-corrected chi connectivity index (χ1v) is 14.0. The van der Waals surface area contributed by atoms with E-state index in [0.717, 1.165) is 18.2 Å². The van der Waals surface area contributed by atoms with Crippen LogP contribution >= 0.6 is 0 Å². The molecule has 0 saturated carbocycles. The van der Waals surface area contributed by atoms with E-state index in [1.165, 1.54) is 36.4 Å². The van der Waals surface area contributed by atoms with Gasteiger partial charge in [0, 0.05) is 43.8 Å². The summed E-state index contributed by atoms with van der Waals surface area (Å²) < 4.78 is 58.5. The van der Waals surface area contributed by atoms with Crippen LogP contribution in [0.15, 0.2) is 66.7 Å². The van der Waals surface area contributed by atoms with Crippen molar-refractivity contribution >= 4 is 17.0 Å². The summed E-state index contributed by atoms with van der Waals surface area (Å²) in [5.74, 6) is -2.59. The molecule has 3 aromatic carbocycles. The number of aromatic carboxylic acids is 1. The first-order chi connectivity index (χ1) is 21.7. The Bertz CT molecular complexity index is 1970. The predicted molar refractivity (Wildman–Crippen MR) is 157 cm³/mol. The van der Waals surface area contributed by atoms with Crippen molar-refractivity contribution in [2.75, 3.05) is 20.2 Å². The average Bonchev–Trinajstić information content (AvgIpc) is 3.65. The third-order valence-corrected chi connectivity index (χ3v) is 7.81. The van der Waals surface area contributed by atoms with Crippen molar-refractivity contribution in [3.05, 3.63) is 112 Å². The second-order valence-electron chi connectivity index (χ2n) is 10.6. The maximum absolute atomic E-state index is 15.6. The van der Waals surface area contributed by atoms with Gasteiger partial charge in [0.25, 0.3) is 0 Å². The zero-order valence-corrected chi connectivity index (χ0v) is 23.9. The van der Waals surface area contributed by atoms with Gasteiger partial charge in [0.15, 0.2) is 0 Å². The standard InChI is InChI=1S/C33H26F3N5O4/c1-44-30-16-38-15-29(30)41-28-11-19(33(42)43)7-8-27(28)39-31(41)12-21-10-25(36)22(13-24(21)35)26-3-2-4-32(40-26)45-17-20-6-5-18(14-37)9-23(20)34/h2-11,13,29-30,38H,12,15-17H2,1H3,(H,42,43)/t29-,30-/m0/s1. The van der Waals surface area contributed by atoms with E-state index in [2.05, 4.69) is 15.3 Å². The number of fused-ring (bicyclic) bond motifs is 1.